The molecule has 1 aromatic carbocycles. The Labute approximate surface area is 137 Å². The molecule has 0 aliphatic rings. The van der Waals surface area contributed by atoms with E-state index in [2.05, 4.69) is 10.6 Å². The van der Waals surface area contributed by atoms with E-state index in [1.165, 1.54) is 0 Å². The monoisotopic (exact) mass is 332 g/mol. The smallest absolute Gasteiger partial charge is 0.224 e. The molecular formula is C15H25ClN2O4. The third-order valence-corrected chi connectivity index (χ3v) is 2.97. The highest BCUT2D eigenvalue weighted by Gasteiger charge is 2.13. The Hall–Kier alpha value is -1.50. The Morgan fingerprint density at radius 1 is 1.05 bits per heavy atom. The molecule has 0 aliphatic carbocycles. The van der Waals surface area contributed by atoms with Gasteiger partial charge in [0.25, 0.3) is 0 Å². The van der Waals surface area contributed by atoms with Gasteiger partial charge in [0.15, 0.2) is 0 Å². The molecule has 0 aromatic heterocycles. The summed E-state index contributed by atoms with van der Waals surface area (Å²) in [5, 5.41) is 6.02. The van der Waals surface area contributed by atoms with Crippen LogP contribution in [0.15, 0.2) is 18.2 Å². The summed E-state index contributed by atoms with van der Waals surface area (Å²) in [5.41, 5.74) is 0.757. The van der Waals surface area contributed by atoms with E-state index >= 15 is 0 Å². The number of amides is 1. The van der Waals surface area contributed by atoms with Crippen molar-refractivity contribution >= 4 is 18.3 Å². The highest BCUT2D eigenvalue weighted by Crippen LogP contribution is 2.28. The molecule has 1 aromatic rings. The van der Waals surface area contributed by atoms with E-state index in [0.717, 1.165) is 12.1 Å². The largest absolute Gasteiger partial charge is 0.496 e. The van der Waals surface area contributed by atoms with Gasteiger partial charge in [-0.2, -0.15) is 0 Å². The average Bonchev–Trinajstić information content (AvgIpc) is 2.51. The lowest BCUT2D eigenvalue weighted by Crippen LogP contribution is -2.34. The average molecular weight is 333 g/mol. The zero-order valence-electron chi connectivity index (χ0n) is 13.3. The number of hydrogen-bond acceptors (Lipinski definition) is 5. The minimum absolute atomic E-state index is 0. The maximum atomic E-state index is 12.0. The lowest BCUT2D eigenvalue weighted by atomic mass is 10.1. The molecule has 1 rings (SSSR count). The third-order valence-electron chi connectivity index (χ3n) is 2.97. The number of benzene rings is 1. The topological polar surface area (TPSA) is 68.8 Å². The first kappa shape index (κ1) is 20.5. The molecule has 0 fully saturated rings. The van der Waals surface area contributed by atoms with Crippen LogP contribution in [0.25, 0.3) is 0 Å². The number of nitrogens with one attached hydrogen (secondary N) is 2. The standard InChI is InChI=1S/C15H24N2O4.ClH/c1-19-10-9-16-7-8-17-15(18)11-12-13(20-2)5-4-6-14(12)21-3;/h4-6,16H,7-11H2,1-3H3,(H,17,18);1H. The van der Waals surface area contributed by atoms with Crippen LogP contribution < -0.4 is 20.1 Å². The van der Waals surface area contributed by atoms with E-state index < -0.39 is 0 Å². The molecule has 0 aliphatic heterocycles. The summed E-state index contributed by atoms with van der Waals surface area (Å²) in [6, 6.07) is 5.47. The van der Waals surface area contributed by atoms with Crippen molar-refractivity contribution in [2.45, 2.75) is 6.42 Å². The summed E-state index contributed by atoms with van der Waals surface area (Å²) in [6.45, 7) is 2.71. The molecule has 0 spiro atoms. The number of hydrogen-bond donors (Lipinski definition) is 2. The summed E-state index contributed by atoms with van der Waals surface area (Å²) >= 11 is 0. The van der Waals surface area contributed by atoms with Crippen LogP contribution in [0.5, 0.6) is 11.5 Å². The minimum Gasteiger partial charge on any atom is -0.496 e. The highest BCUT2D eigenvalue weighted by atomic mass is 35.5. The van der Waals surface area contributed by atoms with E-state index in [-0.39, 0.29) is 24.7 Å². The molecule has 6 nitrogen and oxygen atoms in total. The molecule has 0 bridgehead atoms. The van der Waals surface area contributed by atoms with Gasteiger partial charge in [0, 0.05) is 32.3 Å². The number of ether oxygens (including phenoxy) is 3. The van der Waals surface area contributed by atoms with E-state index in [9.17, 15) is 4.79 Å². The van der Waals surface area contributed by atoms with Crippen LogP contribution in [0.4, 0.5) is 0 Å². The summed E-state index contributed by atoms with van der Waals surface area (Å²) < 4.78 is 15.5. The molecule has 7 heteroatoms. The van der Waals surface area contributed by atoms with Crippen LogP contribution in [0, 0.1) is 0 Å². The van der Waals surface area contributed by atoms with Gasteiger partial charge in [-0.1, -0.05) is 6.07 Å². The first-order valence-electron chi connectivity index (χ1n) is 6.89. The van der Waals surface area contributed by atoms with Crippen molar-refractivity contribution in [1.82, 2.24) is 10.6 Å². The van der Waals surface area contributed by atoms with Crippen molar-refractivity contribution in [2.24, 2.45) is 0 Å². The van der Waals surface area contributed by atoms with Gasteiger partial charge in [-0.05, 0) is 12.1 Å². The highest BCUT2D eigenvalue weighted by molar-refractivity contribution is 5.85. The van der Waals surface area contributed by atoms with Crippen molar-refractivity contribution in [2.75, 3.05) is 47.6 Å². The zero-order chi connectivity index (χ0) is 15.5. The zero-order valence-corrected chi connectivity index (χ0v) is 14.1. The second kappa shape index (κ2) is 12.1. The summed E-state index contributed by atoms with van der Waals surface area (Å²) in [4.78, 5) is 12.0. The second-order valence-electron chi connectivity index (χ2n) is 4.41. The van der Waals surface area contributed by atoms with E-state index in [1.54, 1.807) is 21.3 Å². The normalized spacial score (nSPS) is 9.77. The van der Waals surface area contributed by atoms with Gasteiger partial charge in [-0.25, -0.2) is 0 Å². The fourth-order valence-corrected chi connectivity index (χ4v) is 1.91. The number of rotatable bonds is 10. The van der Waals surface area contributed by atoms with Crippen molar-refractivity contribution in [3.63, 3.8) is 0 Å². The second-order valence-corrected chi connectivity index (χ2v) is 4.41. The Bertz CT molecular complexity index is 421. The Kier molecular flexibility index (Phi) is 11.3. The molecule has 0 saturated carbocycles. The molecule has 2 N–H and O–H groups in total. The van der Waals surface area contributed by atoms with Crippen molar-refractivity contribution in [3.05, 3.63) is 23.8 Å². The number of halogens is 1. The maximum Gasteiger partial charge on any atom is 0.224 e. The van der Waals surface area contributed by atoms with Gasteiger partial charge < -0.3 is 24.8 Å². The summed E-state index contributed by atoms with van der Waals surface area (Å²) in [6.07, 6.45) is 0.227. The fraction of sp³-hybridized carbons (Fsp3) is 0.533. The molecular weight excluding hydrogens is 308 g/mol. The molecule has 0 radical (unpaired) electrons. The SMILES string of the molecule is COCCNCCNC(=O)Cc1c(OC)cccc1OC.Cl. The van der Waals surface area contributed by atoms with Crippen LogP contribution in [0.1, 0.15) is 5.56 Å². The molecule has 0 saturated heterocycles. The molecule has 126 valence electrons. The van der Waals surface area contributed by atoms with Crippen molar-refractivity contribution in [3.8, 4) is 11.5 Å². The quantitative estimate of drug-likeness (QED) is 0.626. The van der Waals surface area contributed by atoms with Gasteiger partial charge >= 0.3 is 0 Å². The van der Waals surface area contributed by atoms with Crippen LogP contribution in [-0.4, -0.2) is 53.5 Å². The van der Waals surface area contributed by atoms with Gasteiger partial charge in [0.2, 0.25) is 5.91 Å². The minimum atomic E-state index is -0.0636. The van der Waals surface area contributed by atoms with Crippen LogP contribution in [-0.2, 0) is 16.0 Å². The van der Waals surface area contributed by atoms with E-state index in [4.69, 9.17) is 14.2 Å². The first-order valence-corrected chi connectivity index (χ1v) is 6.89. The van der Waals surface area contributed by atoms with Crippen molar-refractivity contribution < 1.29 is 19.0 Å². The summed E-state index contributed by atoms with van der Waals surface area (Å²) in [5.74, 6) is 1.25. The summed E-state index contributed by atoms with van der Waals surface area (Å²) in [7, 11) is 4.82. The lowest BCUT2D eigenvalue weighted by molar-refractivity contribution is -0.120. The fourth-order valence-electron chi connectivity index (χ4n) is 1.91. The van der Waals surface area contributed by atoms with Crippen molar-refractivity contribution in [1.29, 1.82) is 0 Å². The van der Waals surface area contributed by atoms with E-state index in [0.29, 0.717) is 31.2 Å². The van der Waals surface area contributed by atoms with E-state index in [1.807, 2.05) is 18.2 Å². The van der Waals surface area contributed by atoms with Crippen LogP contribution in [0.3, 0.4) is 0 Å². The van der Waals surface area contributed by atoms with Gasteiger partial charge in [-0.3, -0.25) is 4.79 Å². The van der Waals surface area contributed by atoms with Gasteiger partial charge in [-0.15, -0.1) is 12.4 Å². The third kappa shape index (κ3) is 6.98. The molecule has 0 unspecified atom stereocenters. The van der Waals surface area contributed by atoms with Gasteiger partial charge in [0.1, 0.15) is 11.5 Å². The Balaban J connectivity index is 0.00000441. The molecule has 0 heterocycles. The Morgan fingerprint density at radius 3 is 2.23 bits per heavy atom. The predicted molar refractivity (Wildman–Crippen MR) is 88.3 cm³/mol. The lowest BCUT2D eigenvalue weighted by Gasteiger charge is -2.13. The first-order chi connectivity index (χ1) is 10.2. The molecule has 22 heavy (non-hydrogen) atoms. The number of carbonyl (C=O) groups excluding carboxylic acids is 1. The molecule has 1 amide bonds. The number of carbonyl (C=O) groups is 1. The molecule has 0 atom stereocenters. The van der Waals surface area contributed by atoms with Crippen LogP contribution in [0.2, 0.25) is 0 Å². The number of methoxy groups -OCH3 is 3. The van der Waals surface area contributed by atoms with Gasteiger partial charge in [0.05, 0.1) is 27.2 Å². The van der Waals surface area contributed by atoms with Crippen LogP contribution >= 0.6 is 12.4 Å². The predicted octanol–water partition coefficient (Wildman–Crippen LogP) is 1.02. The Morgan fingerprint density at radius 2 is 1.68 bits per heavy atom. The maximum absolute atomic E-state index is 12.0.